The van der Waals surface area contributed by atoms with E-state index in [-0.39, 0.29) is 0 Å². The van der Waals surface area contributed by atoms with Crippen LogP contribution in [0.4, 0.5) is 0 Å². The van der Waals surface area contributed by atoms with Crippen molar-refractivity contribution >= 4 is 11.3 Å². The Morgan fingerprint density at radius 2 is 2.10 bits per heavy atom. The highest BCUT2D eigenvalue weighted by Gasteiger charge is 2.07. The van der Waals surface area contributed by atoms with Crippen LogP contribution in [0, 0.1) is 0 Å². The Bertz CT molecular complexity index is 523. The summed E-state index contributed by atoms with van der Waals surface area (Å²) >= 11 is 1.70. The Balaban J connectivity index is 2.09. The van der Waals surface area contributed by atoms with Gasteiger partial charge in [-0.15, -0.1) is 11.3 Å². The van der Waals surface area contributed by atoms with E-state index in [2.05, 4.69) is 36.7 Å². The minimum atomic E-state index is 0.447. The molecule has 0 amide bonds. The van der Waals surface area contributed by atoms with Gasteiger partial charge in [-0.1, -0.05) is 26.0 Å². The Morgan fingerprint density at radius 1 is 1.25 bits per heavy atom. The number of rotatable bonds is 7. The van der Waals surface area contributed by atoms with E-state index in [9.17, 15) is 0 Å². The highest BCUT2D eigenvalue weighted by atomic mass is 32.1. The van der Waals surface area contributed by atoms with Crippen molar-refractivity contribution in [1.82, 2.24) is 5.32 Å². The van der Waals surface area contributed by atoms with Crippen molar-refractivity contribution in [2.24, 2.45) is 0 Å². The van der Waals surface area contributed by atoms with E-state index < -0.39 is 0 Å². The summed E-state index contributed by atoms with van der Waals surface area (Å²) in [6.07, 6.45) is 0. The number of hydrogen-bond donors (Lipinski definition) is 1. The van der Waals surface area contributed by atoms with Crippen LogP contribution < -0.4 is 14.8 Å². The molecule has 0 aliphatic rings. The van der Waals surface area contributed by atoms with Crippen LogP contribution >= 0.6 is 11.3 Å². The molecule has 0 bridgehead atoms. The minimum absolute atomic E-state index is 0.447. The number of ether oxygens (including phenoxy) is 2. The lowest BCUT2D eigenvalue weighted by molar-refractivity contribution is 0.302. The van der Waals surface area contributed by atoms with Gasteiger partial charge >= 0.3 is 0 Å². The SMILES string of the molecule is COc1ccc(CNC(C)C)c(OCc2cccs2)c1. The molecule has 3 nitrogen and oxygen atoms in total. The Kier molecular flexibility index (Phi) is 5.44. The summed E-state index contributed by atoms with van der Waals surface area (Å²) in [4.78, 5) is 1.22. The summed E-state index contributed by atoms with van der Waals surface area (Å²) in [7, 11) is 1.67. The molecule has 2 rings (SSSR count). The summed E-state index contributed by atoms with van der Waals surface area (Å²) in [6, 6.07) is 10.5. The predicted octanol–water partition coefficient (Wildman–Crippen LogP) is 3.83. The Labute approximate surface area is 124 Å². The van der Waals surface area contributed by atoms with E-state index in [1.165, 1.54) is 4.88 Å². The number of thiophene rings is 1. The summed E-state index contributed by atoms with van der Waals surface area (Å²) < 4.78 is 11.2. The molecular formula is C16H21NO2S. The molecule has 0 fully saturated rings. The summed E-state index contributed by atoms with van der Waals surface area (Å²) in [6.45, 7) is 5.66. The van der Waals surface area contributed by atoms with Gasteiger partial charge in [-0.05, 0) is 17.5 Å². The fourth-order valence-corrected chi connectivity index (χ4v) is 2.42. The molecule has 0 atom stereocenters. The lowest BCUT2D eigenvalue weighted by atomic mass is 10.2. The lowest BCUT2D eigenvalue weighted by Crippen LogP contribution is -2.22. The predicted molar refractivity (Wildman–Crippen MR) is 83.6 cm³/mol. The van der Waals surface area contributed by atoms with Crippen molar-refractivity contribution in [1.29, 1.82) is 0 Å². The topological polar surface area (TPSA) is 30.5 Å². The van der Waals surface area contributed by atoms with Gasteiger partial charge in [-0.25, -0.2) is 0 Å². The highest BCUT2D eigenvalue weighted by molar-refractivity contribution is 7.09. The average molecular weight is 291 g/mol. The molecule has 0 aliphatic heterocycles. The maximum absolute atomic E-state index is 5.95. The third-order valence-electron chi connectivity index (χ3n) is 2.93. The molecular weight excluding hydrogens is 270 g/mol. The van der Waals surface area contributed by atoms with Crippen LogP contribution in [-0.4, -0.2) is 13.2 Å². The van der Waals surface area contributed by atoms with Gasteiger partial charge in [-0.2, -0.15) is 0 Å². The first-order chi connectivity index (χ1) is 9.69. The molecule has 2 aromatic rings. The minimum Gasteiger partial charge on any atom is -0.497 e. The molecule has 0 spiro atoms. The van der Waals surface area contributed by atoms with E-state index in [1.54, 1.807) is 18.4 Å². The number of hydrogen-bond acceptors (Lipinski definition) is 4. The van der Waals surface area contributed by atoms with Gasteiger partial charge in [0.15, 0.2) is 0 Å². The van der Waals surface area contributed by atoms with Gasteiger partial charge in [0.2, 0.25) is 0 Å². The Hall–Kier alpha value is -1.52. The first-order valence-electron chi connectivity index (χ1n) is 6.74. The largest absolute Gasteiger partial charge is 0.497 e. The second-order valence-electron chi connectivity index (χ2n) is 4.88. The molecule has 0 unspecified atom stereocenters. The molecule has 20 heavy (non-hydrogen) atoms. The third-order valence-corrected chi connectivity index (χ3v) is 3.78. The second-order valence-corrected chi connectivity index (χ2v) is 5.91. The fraction of sp³-hybridized carbons (Fsp3) is 0.375. The van der Waals surface area contributed by atoms with Crippen molar-refractivity contribution in [2.45, 2.75) is 33.0 Å². The van der Waals surface area contributed by atoms with Crippen LogP contribution in [0.3, 0.4) is 0 Å². The van der Waals surface area contributed by atoms with Crippen LogP contribution in [0.5, 0.6) is 11.5 Å². The molecule has 0 aliphatic carbocycles. The van der Waals surface area contributed by atoms with Crippen molar-refractivity contribution in [3.8, 4) is 11.5 Å². The standard InChI is InChI=1S/C16H21NO2S/c1-12(2)17-10-13-6-7-14(18-3)9-16(13)19-11-15-5-4-8-20-15/h4-9,12,17H,10-11H2,1-3H3. The maximum atomic E-state index is 5.95. The molecule has 4 heteroatoms. The van der Waals surface area contributed by atoms with E-state index in [4.69, 9.17) is 9.47 Å². The van der Waals surface area contributed by atoms with E-state index >= 15 is 0 Å². The van der Waals surface area contributed by atoms with Crippen LogP contribution in [-0.2, 0) is 13.2 Å². The van der Waals surface area contributed by atoms with Gasteiger partial charge < -0.3 is 14.8 Å². The van der Waals surface area contributed by atoms with Gasteiger partial charge in [0.1, 0.15) is 18.1 Å². The van der Waals surface area contributed by atoms with E-state index in [0.717, 1.165) is 23.6 Å². The first-order valence-corrected chi connectivity index (χ1v) is 7.62. The third kappa shape index (κ3) is 4.25. The molecule has 1 aromatic carbocycles. The van der Waals surface area contributed by atoms with E-state index in [1.807, 2.05) is 18.2 Å². The van der Waals surface area contributed by atoms with Crippen molar-refractivity contribution < 1.29 is 9.47 Å². The Morgan fingerprint density at radius 3 is 2.75 bits per heavy atom. The molecule has 108 valence electrons. The zero-order chi connectivity index (χ0) is 14.4. The first kappa shape index (κ1) is 14.9. The van der Waals surface area contributed by atoms with Crippen LogP contribution in [0.25, 0.3) is 0 Å². The van der Waals surface area contributed by atoms with Crippen molar-refractivity contribution in [2.75, 3.05) is 7.11 Å². The molecule has 0 radical (unpaired) electrons. The number of nitrogens with one attached hydrogen (secondary N) is 1. The zero-order valence-electron chi connectivity index (χ0n) is 12.2. The van der Waals surface area contributed by atoms with Gasteiger partial charge in [0.05, 0.1) is 7.11 Å². The van der Waals surface area contributed by atoms with Gasteiger partial charge in [-0.3, -0.25) is 0 Å². The van der Waals surface area contributed by atoms with Crippen molar-refractivity contribution in [3.05, 3.63) is 46.2 Å². The van der Waals surface area contributed by atoms with Crippen LogP contribution in [0.1, 0.15) is 24.3 Å². The normalized spacial score (nSPS) is 10.8. The van der Waals surface area contributed by atoms with Gasteiger partial charge in [0.25, 0.3) is 0 Å². The van der Waals surface area contributed by atoms with Crippen LogP contribution in [0.15, 0.2) is 35.7 Å². The highest BCUT2D eigenvalue weighted by Crippen LogP contribution is 2.26. The van der Waals surface area contributed by atoms with Crippen LogP contribution in [0.2, 0.25) is 0 Å². The van der Waals surface area contributed by atoms with Crippen molar-refractivity contribution in [3.63, 3.8) is 0 Å². The second kappa shape index (κ2) is 7.31. The molecule has 0 saturated heterocycles. The monoisotopic (exact) mass is 291 g/mol. The fourth-order valence-electron chi connectivity index (χ4n) is 1.80. The summed E-state index contributed by atoms with van der Waals surface area (Å²) in [5.74, 6) is 1.70. The number of benzene rings is 1. The lowest BCUT2D eigenvalue weighted by Gasteiger charge is -2.14. The molecule has 0 saturated carbocycles. The zero-order valence-corrected chi connectivity index (χ0v) is 13.0. The molecule has 1 N–H and O–H groups in total. The van der Waals surface area contributed by atoms with Gasteiger partial charge in [0, 0.05) is 29.1 Å². The molecule has 1 heterocycles. The average Bonchev–Trinajstić information content (AvgIpc) is 2.96. The maximum Gasteiger partial charge on any atom is 0.128 e. The smallest absolute Gasteiger partial charge is 0.128 e. The summed E-state index contributed by atoms with van der Waals surface area (Å²) in [5.41, 5.74) is 1.15. The summed E-state index contributed by atoms with van der Waals surface area (Å²) in [5, 5.41) is 5.48. The molecule has 1 aromatic heterocycles. The number of methoxy groups -OCH3 is 1. The quantitative estimate of drug-likeness (QED) is 0.841. The van der Waals surface area contributed by atoms with E-state index in [0.29, 0.717) is 12.6 Å².